The van der Waals surface area contributed by atoms with E-state index in [0.717, 1.165) is 26.1 Å². The van der Waals surface area contributed by atoms with Crippen molar-refractivity contribution >= 4 is 0 Å². The molecule has 0 aliphatic carbocycles. The summed E-state index contributed by atoms with van der Waals surface area (Å²) in [7, 11) is 0. The lowest BCUT2D eigenvalue weighted by atomic mass is 10.1. The Hall–Kier alpha value is -0.290. The maximum Gasteiger partial charge on any atom is 0.389 e. The molecule has 0 amide bonds. The fourth-order valence-corrected chi connectivity index (χ4v) is 2.50. The van der Waals surface area contributed by atoms with Gasteiger partial charge < -0.3 is 10.2 Å². The van der Waals surface area contributed by atoms with E-state index in [9.17, 15) is 13.2 Å². The average molecular weight is 266 g/mol. The molecule has 18 heavy (non-hydrogen) atoms. The van der Waals surface area contributed by atoms with Gasteiger partial charge in [0.05, 0.1) is 0 Å². The van der Waals surface area contributed by atoms with Gasteiger partial charge in [-0.25, -0.2) is 0 Å². The molecule has 1 rings (SSSR count). The van der Waals surface area contributed by atoms with Crippen molar-refractivity contribution in [1.82, 2.24) is 10.2 Å². The molecule has 2 nitrogen and oxygen atoms in total. The fourth-order valence-electron chi connectivity index (χ4n) is 2.50. The van der Waals surface area contributed by atoms with Crippen LogP contribution in [0.25, 0.3) is 0 Å². The van der Waals surface area contributed by atoms with Crippen LogP contribution in [-0.4, -0.2) is 43.3 Å². The van der Waals surface area contributed by atoms with E-state index in [1.54, 1.807) is 0 Å². The van der Waals surface area contributed by atoms with E-state index in [4.69, 9.17) is 0 Å². The number of nitrogens with one attached hydrogen (secondary N) is 1. The largest absolute Gasteiger partial charge is 0.389 e. The lowest BCUT2D eigenvalue weighted by molar-refractivity contribution is -0.136. The van der Waals surface area contributed by atoms with Gasteiger partial charge in [-0.1, -0.05) is 13.8 Å². The summed E-state index contributed by atoms with van der Waals surface area (Å²) in [5.74, 6) is 0.497. The van der Waals surface area contributed by atoms with Crippen LogP contribution in [0.1, 0.15) is 39.5 Å². The van der Waals surface area contributed by atoms with Gasteiger partial charge in [0.25, 0.3) is 0 Å². The number of rotatable bonds is 7. The molecule has 1 unspecified atom stereocenters. The van der Waals surface area contributed by atoms with E-state index in [1.807, 2.05) is 0 Å². The van der Waals surface area contributed by atoms with Gasteiger partial charge in [-0.15, -0.1) is 0 Å². The molecule has 1 atom stereocenters. The number of hydrogen-bond acceptors (Lipinski definition) is 2. The molecule has 108 valence electrons. The zero-order valence-electron chi connectivity index (χ0n) is 11.4. The maximum absolute atomic E-state index is 12.1. The third-order valence-electron chi connectivity index (χ3n) is 3.20. The predicted octanol–water partition coefficient (Wildman–Crippen LogP) is 3.04. The molecule has 1 N–H and O–H groups in total. The molecule has 5 heteroatoms. The summed E-state index contributed by atoms with van der Waals surface area (Å²) in [6, 6.07) is 0.467. The first-order valence-corrected chi connectivity index (χ1v) is 6.89. The van der Waals surface area contributed by atoms with Gasteiger partial charge in [0.1, 0.15) is 0 Å². The van der Waals surface area contributed by atoms with E-state index in [1.165, 1.54) is 6.42 Å². The average Bonchev–Trinajstić information content (AvgIpc) is 2.67. The van der Waals surface area contributed by atoms with E-state index in [2.05, 4.69) is 24.1 Å². The molecule has 0 aromatic rings. The molecule has 0 aromatic heterocycles. The monoisotopic (exact) mass is 266 g/mol. The van der Waals surface area contributed by atoms with E-state index >= 15 is 0 Å². The summed E-state index contributed by atoms with van der Waals surface area (Å²) in [6.45, 7) is 7.59. The number of hydrogen-bond donors (Lipinski definition) is 1. The fraction of sp³-hybridized carbons (Fsp3) is 1.00. The van der Waals surface area contributed by atoms with Crippen LogP contribution in [0.15, 0.2) is 0 Å². The number of halogens is 3. The van der Waals surface area contributed by atoms with Crippen molar-refractivity contribution in [3.63, 3.8) is 0 Å². The van der Waals surface area contributed by atoms with Crippen molar-refractivity contribution in [3.8, 4) is 0 Å². The van der Waals surface area contributed by atoms with Crippen LogP contribution in [-0.2, 0) is 0 Å². The minimum absolute atomic E-state index is 0.211. The van der Waals surface area contributed by atoms with Crippen molar-refractivity contribution in [2.75, 3.05) is 26.2 Å². The second-order valence-electron chi connectivity index (χ2n) is 5.67. The van der Waals surface area contributed by atoms with E-state index in [-0.39, 0.29) is 6.42 Å². The Kier molecular flexibility index (Phi) is 6.43. The lowest BCUT2D eigenvalue weighted by Crippen LogP contribution is -2.40. The summed E-state index contributed by atoms with van der Waals surface area (Å²) in [5, 5.41) is 3.40. The summed E-state index contributed by atoms with van der Waals surface area (Å²) in [4.78, 5) is 2.18. The van der Waals surface area contributed by atoms with Crippen LogP contribution >= 0.6 is 0 Å². The van der Waals surface area contributed by atoms with Crippen LogP contribution in [0.4, 0.5) is 13.2 Å². The van der Waals surface area contributed by atoms with Crippen LogP contribution in [0.2, 0.25) is 0 Å². The molecular formula is C13H25F3N2. The Morgan fingerprint density at radius 2 is 2.06 bits per heavy atom. The van der Waals surface area contributed by atoms with Crippen LogP contribution in [0.3, 0.4) is 0 Å². The summed E-state index contributed by atoms with van der Waals surface area (Å²) >= 11 is 0. The first-order valence-electron chi connectivity index (χ1n) is 6.89. The van der Waals surface area contributed by atoms with Gasteiger partial charge in [-0.2, -0.15) is 13.2 Å². The van der Waals surface area contributed by atoms with Gasteiger partial charge in [0.2, 0.25) is 0 Å². The molecule has 0 bridgehead atoms. The van der Waals surface area contributed by atoms with Gasteiger partial charge in [-0.05, 0) is 38.3 Å². The highest BCUT2D eigenvalue weighted by Crippen LogP contribution is 2.21. The highest BCUT2D eigenvalue weighted by Gasteiger charge is 2.27. The van der Waals surface area contributed by atoms with Crippen LogP contribution < -0.4 is 5.32 Å². The highest BCUT2D eigenvalue weighted by atomic mass is 19.4. The highest BCUT2D eigenvalue weighted by molar-refractivity contribution is 4.78. The third kappa shape index (κ3) is 7.21. The van der Waals surface area contributed by atoms with Gasteiger partial charge in [0, 0.05) is 25.6 Å². The molecule has 0 saturated carbocycles. The minimum Gasteiger partial charge on any atom is -0.313 e. The Labute approximate surface area is 108 Å². The zero-order valence-corrected chi connectivity index (χ0v) is 11.4. The molecule has 1 heterocycles. The second kappa shape index (κ2) is 7.34. The molecule has 0 aromatic carbocycles. The quantitative estimate of drug-likeness (QED) is 0.762. The third-order valence-corrected chi connectivity index (χ3v) is 3.20. The standard InChI is InChI=1S/C13H25F3N2/c1-11(2)9-18(8-4-6-13(14,15)16)10-12-5-3-7-17-12/h11-12,17H,3-10H2,1-2H3. The first-order chi connectivity index (χ1) is 8.37. The summed E-state index contributed by atoms with van der Waals surface area (Å²) in [6.07, 6.45) is -2.14. The molecule has 1 fully saturated rings. The van der Waals surface area contributed by atoms with Gasteiger partial charge in [0.15, 0.2) is 0 Å². The predicted molar refractivity (Wildman–Crippen MR) is 67.6 cm³/mol. The Balaban J connectivity index is 2.30. The Bertz CT molecular complexity index is 223. The van der Waals surface area contributed by atoms with Gasteiger partial charge in [-0.3, -0.25) is 0 Å². The summed E-state index contributed by atoms with van der Waals surface area (Å²) < 4.78 is 36.4. The number of alkyl halides is 3. The Morgan fingerprint density at radius 3 is 2.56 bits per heavy atom. The van der Waals surface area contributed by atoms with Crippen molar-refractivity contribution in [3.05, 3.63) is 0 Å². The minimum atomic E-state index is -4.02. The van der Waals surface area contributed by atoms with Crippen molar-refractivity contribution in [1.29, 1.82) is 0 Å². The van der Waals surface area contributed by atoms with E-state index < -0.39 is 12.6 Å². The van der Waals surface area contributed by atoms with Crippen LogP contribution in [0, 0.1) is 5.92 Å². The van der Waals surface area contributed by atoms with Crippen molar-refractivity contribution < 1.29 is 13.2 Å². The van der Waals surface area contributed by atoms with E-state index in [0.29, 0.717) is 18.5 Å². The molecule has 1 aliphatic heterocycles. The van der Waals surface area contributed by atoms with Crippen molar-refractivity contribution in [2.24, 2.45) is 5.92 Å². The van der Waals surface area contributed by atoms with Gasteiger partial charge >= 0.3 is 6.18 Å². The maximum atomic E-state index is 12.1. The Morgan fingerprint density at radius 1 is 1.33 bits per heavy atom. The van der Waals surface area contributed by atoms with Crippen LogP contribution in [0.5, 0.6) is 0 Å². The number of nitrogens with zero attached hydrogens (tertiary/aromatic N) is 1. The second-order valence-corrected chi connectivity index (χ2v) is 5.67. The topological polar surface area (TPSA) is 15.3 Å². The molecular weight excluding hydrogens is 241 g/mol. The molecule has 0 spiro atoms. The molecule has 0 radical (unpaired) electrons. The normalized spacial score (nSPS) is 21.2. The first kappa shape index (κ1) is 15.8. The molecule has 1 aliphatic rings. The SMILES string of the molecule is CC(C)CN(CCCC(F)(F)F)CC1CCCN1. The smallest absolute Gasteiger partial charge is 0.313 e. The van der Waals surface area contributed by atoms with Crippen molar-refractivity contribution in [2.45, 2.75) is 51.7 Å². The summed E-state index contributed by atoms with van der Waals surface area (Å²) in [5.41, 5.74) is 0. The lowest BCUT2D eigenvalue weighted by Gasteiger charge is -2.27. The zero-order chi connectivity index (χ0) is 13.6. The molecule has 1 saturated heterocycles.